The van der Waals surface area contributed by atoms with E-state index in [-0.39, 0.29) is 18.1 Å². The molecule has 0 saturated carbocycles. The van der Waals surface area contributed by atoms with Crippen LogP contribution >= 0.6 is 0 Å². The summed E-state index contributed by atoms with van der Waals surface area (Å²) in [6, 6.07) is 21.9. The number of hydrogen-bond acceptors (Lipinski definition) is 4. The molecule has 4 aromatic rings. The first-order valence-corrected chi connectivity index (χ1v) is 10.3. The van der Waals surface area contributed by atoms with Crippen LogP contribution in [0.4, 0.5) is 0 Å². The summed E-state index contributed by atoms with van der Waals surface area (Å²) in [5.74, 6) is 0.649. The second-order valence-corrected chi connectivity index (χ2v) is 7.81. The first-order valence-electron chi connectivity index (χ1n) is 10.3. The number of aromatic carboxylic acids is 1. The molecule has 0 bridgehead atoms. The highest BCUT2D eigenvalue weighted by molar-refractivity contribution is 6.35. The maximum Gasteiger partial charge on any atom is 0.335 e. The van der Waals surface area contributed by atoms with Gasteiger partial charge in [-0.3, -0.25) is 0 Å². The van der Waals surface area contributed by atoms with Gasteiger partial charge in [-0.25, -0.2) is 4.79 Å². The second-order valence-electron chi connectivity index (χ2n) is 7.81. The topological polar surface area (TPSA) is 72.6 Å². The van der Waals surface area contributed by atoms with Crippen molar-refractivity contribution in [2.24, 2.45) is 0 Å². The van der Waals surface area contributed by atoms with Crippen molar-refractivity contribution in [1.29, 1.82) is 0 Å². The Morgan fingerprint density at radius 2 is 1.78 bits per heavy atom. The highest BCUT2D eigenvalue weighted by atomic mass is 16.5. The fourth-order valence-electron chi connectivity index (χ4n) is 3.57. The van der Waals surface area contributed by atoms with Crippen molar-refractivity contribution in [2.45, 2.75) is 26.4 Å². The highest BCUT2D eigenvalue weighted by Gasteiger charge is 2.21. The summed E-state index contributed by atoms with van der Waals surface area (Å²) in [4.78, 5) is 11.2. The lowest BCUT2D eigenvalue weighted by molar-refractivity contribution is 0.0697. The average Bonchev–Trinajstić information content (AvgIpc) is 3.22. The Bertz CT molecular complexity index is 1240. The molecule has 1 aromatic heterocycles. The Hall–Kier alpha value is -3.80. The maximum atomic E-state index is 11.2. The van der Waals surface area contributed by atoms with Gasteiger partial charge >= 0.3 is 5.97 Å². The second kappa shape index (κ2) is 9.14. The Labute approximate surface area is 188 Å². The Balaban J connectivity index is 1.57. The van der Waals surface area contributed by atoms with Gasteiger partial charge in [-0.05, 0) is 41.0 Å². The summed E-state index contributed by atoms with van der Waals surface area (Å²) < 4.78 is 11.7. The molecule has 0 aliphatic carbocycles. The van der Waals surface area contributed by atoms with E-state index in [0.29, 0.717) is 16.9 Å². The minimum absolute atomic E-state index is 0.142. The predicted octanol–water partition coefficient (Wildman–Crippen LogP) is 5.20. The van der Waals surface area contributed by atoms with Gasteiger partial charge in [0.1, 0.15) is 31.7 Å². The lowest BCUT2D eigenvalue weighted by Crippen LogP contribution is -2.08. The van der Waals surface area contributed by atoms with Crippen LogP contribution in [0.15, 0.2) is 77.3 Å². The van der Waals surface area contributed by atoms with E-state index in [4.69, 9.17) is 17.1 Å². The molecule has 32 heavy (non-hydrogen) atoms. The molecule has 5 nitrogen and oxygen atoms in total. The fourth-order valence-corrected chi connectivity index (χ4v) is 3.57. The third-order valence-electron chi connectivity index (χ3n) is 5.24. The van der Waals surface area contributed by atoms with E-state index < -0.39 is 5.97 Å². The van der Waals surface area contributed by atoms with Gasteiger partial charge in [0.2, 0.25) is 0 Å². The van der Waals surface area contributed by atoms with Gasteiger partial charge in [0.15, 0.2) is 0 Å². The highest BCUT2D eigenvalue weighted by Crippen LogP contribution is 2.31. The van der Waals surface area contributed by atoms with E-state index in [1.54, 1.807) is 18.2 Å². The number of aromatic nitrogens is 1. The van der Waals surface area contributed by atoms with E-state index >= 15 is 0 Å². The maximum absolute atomic E-state index is 11.2. The molecule has 0 aliphatic heterocycles. The van der Waals surface area contributed by atoms with Crippen molar-refractivity contribution in [2.75, 3.05) is 0 Å². The molecule has 0 spiro atoms. The first-order chi connectivity index (χ1) is 15.4. The zero-order valence-electron chi connectivity index (χ0n) is 17.9. The van der Waals surface area contributed by atoms with Crippen LogP contribution in [0, 0.1) is 0 Å². The summed E-state index contributed by atoms with van der Waals surface area (Å²) >= 11 is 0. The lowest BCUT2D eigenvalue weighted by Gasteiger charge is -2.11. The third kappa shape index (κ3) is 4.44. The molecule has 4 rings (SSSR count). The quantitative estimate of drug-likeness (QED) is 0.414. The molecule has 1 N–H and O–H groups in total. The number of carboxylic acids is 1. The van der Waals surface area contributed by atoms with Gasteiger partial charge in [-0.1, -0.05) is 73.0 Å². The molecule has 0 amide bonds. The average molecular weight is 423 g/mol. The molecular weight excluding hydrogens is 401 g/mol. The van der Waals surface area contributed by atoms with Crippen molar-refractivity contribution in [3.05, 3.63) is 89.7 Å². The third-order valence-corrected chi connectivity index (χ3v) is 5.24. The van der Waals surface area contributed by atoms with Gasteiger partial charge in [0.25, 0.3) is 0 Å². The molecule has 6 heteroatoms. The number of rotatable bonds is 7. The monoisotopic (exact) mass is 423 g/mol. The molecule has 1 heterocycles. The van der Waals surface area contributed by atoms with E-state index in [1.165, 1.54) is 0 Å². The van der Waals surface area contributed by atoms with Crippen LogP contribution in [-0.2, 0) is 6.61 Å². The molecule has 0 aliphatic rings. The van der Waals surface area contributed by atoms with Crippen molar-refractivity contribution in [1.82, 2.24) is 5.16 Å². The number of carbonyl (C=O) groups is 1. The van der Waals surface area contributed by atoms with Crippen molar-refractivity contribution < 1.29 is 19.2 Å². The summed E-state index contributed by atoms with van der Waals surface area (Å²) in [5.41, 5.74) is 5.00. The van der Waals surface area contributed by atoms with Crippen molar-refractivity contribution >= 4 is 19.3 Å². The SMILES string of the molecule is [B]c1ccccc1-c1noc(C(C)C)c1COc1ccc(-c2cccc(C(=O)O)c2)cc1. The predicted molar refractivity (Wildman–Crippen MR) is 125 cm³/mol. The van der Waals surface area contributed by atoms with Crippen LogP contribution in [0.25, 0.3) is 22.4 Å². The van der Waals surface area contributed by atoms with Crippen LogP contribution in [0.3, 0.4) is 0 Å². The van der Waals surface area contributed by atoms with E-state index in [2.05, 4.69) is 5.16 Å². The smallest absolute Gasteiger partial charge is 0.335 e. The number of nitrogens with zero attached hydrogens (tertiary/aromatic N) is 1. The molecule has 0 fully saturated rings. The van der Waals surface area contributed by atoms with Crippen LogP contribution in [0.5, 0.6) is 5.75 Å². The van der Waals surface area contributed by atoms with Crippen LogP contribution in [0.2, 0.25) is 0 Å². The molecule has 3 aromatic carbocycles. The summed E-state index contributed by atoms with van der Waals surface area (Å²) in [7, 11) is 6.16. The van der Waals surface area contributed by atoms with Crippen molar-refractivity contribution in [3.8, 4) is 28.1 Å². The molecule has 2 radical (unpaired) electrons. The molecule has 158 valence electrons. The largest absolute Gasteiger partial charge is 0.489 e. The first kappa shape index (κ1) is 21.4. The van der Waals surface area contributed by atoms with E-state index in [9.17, 15) is 9.90 Å². The Kier molecular flexibility index (Phi) is 6.12. The number of carboxylic acid groups (broad SMARTS) is 1. The number of benzene rings is 3. The van der Waals surface area contributed by atoms with E-state index in [0.717, 1.165) is 28.0 Å². The number of ether oxygens (including phenoxy) is 1. The van der Waals surface area contributed by atoms with Crippen LogP contribution in [0.1, 0.15) is 41.4 Å². The van der Waals surface area contributed by atoms with E-state index in [1.807, 2.05) is 68.4 Å². The molecular formula is C26H22BNO4. The zero-order chi connectivity index (χ0) is 22.7. The van der Waals surface area contributed by atoms with Gasteiger partial charge in [-0.15, -0.1) is 0 Å². The Morgan fingerprint density at radius 1 is 1.03 bits per heavy atom. The van der Waals surface area contributed by atoms with Gasteiger partial charge in [0.05, 0.1) is 11.1 Å². The zero-order valence-corrected chi connectivity index (χ0v) is 17.9. The summed E-state index contributed by atoms with van der Waals surface area (Å²) in [6.45, 7) is 4.37. The molecule has 0 unspecified atom stereocenters. The van der Waals surface area contributed by atoms with Crippen molar-refractivity contribution in [3.63, 3.8) is 0 Å². The van der Waals surface area contributed by atoms with Gasteiger partial charge in [0, 0.05) is 5.92 Å². The Morgan fingerprint density at radius 3 is 2.47 bits per heavy atom. The molecule has 0 saturated heterocycles. The lowest BCUT2D eigenvalue weighted by atomic mass is 9.87. The van der Waals surface area contributed by atoms with Crippen LogP contribution in [-0.4, -0.2) is 24.1 Å². The number of hydrogen-bond donors (Lipinski definition) is 1. The van der Waals surface area contributed by atoms with Gasteiger partial charge < -0.3 is 14.4 Å². The van der Waals surface area contributed by atoms with Crippen LogP contribution < -0.4 is 10.2 Å². The minimum atomic E-state index is -0.948. The summed E-state index contributed by atoms with van der Waals surface area (Å²) in [6.07, 6.45) is 0. The fraction of sp³-hybridized carbons (Fsp3) is 0.154. The normalized spacial score (nSPS) is 11.0. The standard InChI is InChI=1S/C26H22BNO4/c1-16(2)25-22(24(28-32-25)21-8-3-4-9-23(21)27)15-31-20-12-10-17(11-13-20)18-6-5-7-19(14-18)26(29)30/h3-14,16H,15H2,1-2H3,(H,29,30). The minimum Gasteiger partial charge on any atom is -0.489 e. The summed E-state index contributed by atoms with van der Waals surface area (Å²) in [5, 5.41) is 13.5. The molecule has 0 atom stereocenters. The van der Waals surface area contributed by atoms with Gasteiger partial charge in [-0.2, -0.15) is 0 Å².